The van der Waals surface area contributed by atoms with Gasteiger partial charge in [0.2, 0.25) is 0 Å². The van der Waals surface area contributed by atoms with Crippen molar-refractivity contribution < 1.29 is 22.7 Å². The van der Waals surface area contributed by atoms with E-state index in [1.54, 1.807) is 14.0 Å². The summed E-state index contributed by atoms with van der Waals surface area (Å²) in [6.45, 7) is 3.67. The van der Waals surface area contributed by atoms with Gasteiger partial charge < -0.3 is 15.4 Å². The summed E-state index contributed by atoms with van der Waals surface area (Å²) in [6, 6.07) is 18.8. The van der Waals surface area contributed by atoms with Gasteiger partial charge in [0.05, 0.1) is 24.4 Å². The molecule has 4 aromatic rings. The number of halogens is 3. The zero-order valence-electron chi connectivity index (χ0n) is 20.9. The van der Waals surface area contributed by atoms with Crippen molar-refractivity contribution in [1.29, 1.82) is 0 Å². The van der Waals surface area contributed by atoms with Crippen LogP contribution >= 0.6 is 11.8 Å². The Morgan fingerprint density at radius 1 is 1.05 bits per heavy atom. The van der Waals surface area contributed by atoms with Gasteiger partial charge in [-0.2, -0.15) is 13.2 Å². The van der Waals surface area contributed by atoms with Gasteiger partial charge in [0.15, 0.2) is 11.0 Å². The van der Waals surface area contributed by atoms with E-state index in [0.717, 1.165) is 28.6 Å². The number of aromatic nitrogens is 3. The molecular formula is C27H26F3N5O2S. The molecule has 1 atom stereocenters. The van der Waals surface area contributed by atoms with Gasteiger partial charge in [-0.25, -0.2) is 4.79 Å². The Balaban J connectivity index is 1.57. The van der Waals surface area contributed by atoms with E-state index in [-0.39, 0.29) is 5.69 Å². The summed E-state index contributed by atoms with van der Waals surface area (Å²) >= 11 is 1.46. The maximum Gasteiger partial charge on any atom is 0.418 e. The zero-order chi connectivity index (χ0) is 27.3. The van der Waals surface area contributed by atoms with E-state index in [1.807, 2.05) is 60.0 Å². The molecule has 1 aromatic heterocycles. The first-order valence-electron chi connectivity index (χ1n) is 11.7. The molecule has 3 aromatic carbocycles. The number of nitrogens with zero attached hydrogens (tertiary/aromatic N) is 3. The highest BCUT2D eigenvalue weighted by Crippen LogP contribution is 2.34. The average molecular weight is 542 g/mol. The van der Waals surface area contributed by atoms with Crippen LogP contribution in [0.5, 0.6) is 5.75 Å². The monoisotopic (exact) mass is 541 g/mol. The number of amides is 2. The third kappa shape index (κ3) is 6.46. The normalized spacial score (nSPS) is 12.2. The molecule has 11 heteroatoms. The Morgan fingerprint density at radius 2 is 1.79 bits per heavy atom. The van der Waals surface area contributed by atoms with Gasteiger partial charge in [-0.1, -0.05) is 53.7 Å². The number of carbonyl (C=O) groups is 1. The molecule has 0 spiro atoms. The van der Waals surface area contributed by atoms with E-state index in [0.29, 0.717) is 16.7 Å². The van der Waals surface area contributed by atoms with Gasteiger partial charge in [-0.05, 0) is 55.8 Å². The summed E-state index contributed by atoms with van der Waals surface area (Å²) in [7, 11) is 1.61. The maximum atomic E-state index is 13.3. The number of thioether (sulfide) groups is 1. The van der Waals surface area contributed by atoms with Crippen LogP contribution in [0.2, 0.25) is 0 Å². The molecule has 0 radical (unpaired) electrons. The Hall–Kier alpha value is -3.99. The Kier molecular flexibility index (Phi) is 8.26. The molecule has 0 saturated heterocycles. The smallest absolute Gasteiger partial charge is 0.418 e. The molecule has 198 valence electrons. The first kappa shape index (κ1) is 27.1. The Morgan fingerprint density at radius 3 is 2.50 bits per heavy atom. The van der Waals surface area contributed by atoms with Crippen molar-refractivity contribution in [2.75, 3.05) is 12.4 Å². The van der Waals surface area contributed by atoms with E-state index in [2.05, 4.69) is 20.8 Å². The van der Waals surface area contributed by atoms with Gasteiger partial charge in [0.25, 0.3) is 0 Å². The number of rotatable bonds is 8. The van der Waals surface area contributed by atoms with Gasteiger partial charge in [0.1, 0.15) is 5.75 Å². The Bertz CT molecular complexity index is 1410. The molecule has 2 N–H and O–H groups in total. The minimum atomic E-state index is -4.60. The number of urea groups is 1. The first-order chi connectivity index (χ1) is 18.2. The van der Waals surface area contributed by atoms with Crippen LogP contribution in [0.3, 0.4) is 0 Å². The van der Waals surface area contributed by atoms with E-state index in [9.17, 15) is 18.0 Å². The summed E-state index contributed by atoms with van der Waals surface area (Å²) in [5, 5.41) is 14.3. The number of alkyl halides is 3. The quantitative estimate of drug-likeness (QED) is 0.241. The van der Waals surface area contributed by atoms with E-state index < -0.39 is 23.8 Å². The lowest BCUT2D eigenvalue weighted by Gasteiger charge is -2.18. The molecule has 38 heavy (non-hydrogen) atoms. The molecule has 0 bridgehead atoms. The second kappa shape index (κ2) is 11.6. The van der Waals surface area contributed by atoms with Crippen LogP contribution in [-0.4, -0.2) is 27.9 Å². The molecular weight excluding hydrogens is 515 g/mol. The summed E-state index contributed by atoms with van der Waals surface area (Å²) in [4.78, 5) is 12.7. The van der Waals surface area contributed by atoms with Crippen molar-refractivity contribution in [2.45, 2.75) is 37.0 Å². The SMILES string of the molecule is COc1cccc(CSc2nnc(C(C)NC(=O)Nc3ccccc3C(F)(F)F)n2-c2ccc(C)cc2)c1. The standard InChI is InChI=1S/C27H26F3N5O2S/c1-17-11-13-20(14-12-17)35-24(33-34-26(35)38-16-19-7-6-8-21(15-19)37-3)18(2)31-25(36)32-23-10-5-4-9-22(23)27(28,29)30/h4-15,18H,16H2,1-3H3,(H2,31,32,36). The lowest BCUT2D eigenvalue weighted by atomic mass is 10.1. The molecule has 0 aliphatic rings. The lowest BCUT2D eigenvalue weighted by Crippen LogP contribution is -2.33. The van der Waals surface area contributed by atoms with Crippen molar-refractivity contribution in [3.63, 3.8) is 0 Å². The molecule has 2 amide bonds. The fourth-order valence-corrected chi connectivity index (χ4v) is 4.66. The second-order valence-corrected chi connectivity index (χ2v) is 9.46. The third-order valence-corrected chi connectivity index (χ3v) is 6.67. The molecule has 1 heterocycles. The van der Waals surface area contributed by atoms with Gasteiger partial charge in [-0.15, -0.1) is 10.2 Å². The van der Waals surface area contributed by atoms with Crippen LogP contribution in [0.15, 0.2) is 78.0 Å². The van der Waals surface area contributed by atoms with Crippen molar-refractivity contribution in [2.24, 2.45) is 0 Å². The van der Waals surface area contributed by atoms with Crippen LogP contribution in [0, 0.1) is 6.92 Å². The fraction of sp³-hybridized carbons (Fsp3) is 0.222. The second-order valence-electron chi connectivity index (χ2n) is 8.52. The molecule has 0 saturated carbocycles. The third-order valence-electron chi connectivity index (χ3n) is 5.67. The summed E-state index contributed by atoms with van der Waals surface area (Å²) in [5.74, 6) is 1.78. The zero-order valence-corrected chi connectivity index (χ0v) is 21.7. The van der Waals surface area contributed by atoms with E-state index in [4.69, 9.17) is 4.74 Å². The predicted molar refractivity (Wildman–Crippen MR) is 141 cm³/mol. The summed E-state index contributed by atoms with van der Waals surface area (Å²) in [6.07, 6.45) is -4.60. The van der Waals surface area contributed by atoms with Gasteiger partial charge in [0, 0.05) is 11.4 Å². The maximum absolute atomic E-state index is 13.3. The number of methoxy groups -OCH3 is 1. The topological polar surface area (TPSA) is 81.1 Å². The van der Waals surface area contributed by atoms with Crippen LogP contribution in [0.4, 0.5) is 23.7 Å². The molecule has 0 fully saturated rings. The minimum absolute atomic E-state index is 0.334. The van der Waals surface area contributed by atoms with Crippen molar-refractivity contribution in [3.8, 4) is 11.4 Å². The fourth-order valence-electron chi connectivity index (χ4n) is 3.76. The first-order valence-corrected chi connectivity index (χ1v) is 12.7. The number of anilines is 1. The number of para-hydroxylation sites is 1. The minimum Gasteiger partial charge on any atom is -0.497 e. The summed E-state index contributed by atoms with van der Waals surface area (Å²) < 4.78 is 47.1. The molecule has 4 rings (SSSR count). The largest absolute Gasteiger partial charge is 0.497 e. The number of ether oxygens (including phenoxy) is 1. The Labute approximate surface area is 222 Å². The van der Waals surface area contributed by atoms with Crippen LogP contribution < -0.4 is 15.4 Å². The van der Waals surface area contributed by atoms with Crippen LogP contribution in [0.25, 0.3) is 5.69 Å². The predicted octanol–water partition coefficient (Wildman–Crippen LogP) is 6.78. The number of benzene rings is 3. The van der Waals surface area contributed by atoms with Crippen LogP contribution in [0.1, 0.15) is 35.5 Å². The van der Waals surface area contributed by atoms with Gasteiger partial charge >= 0.3 is 12.2 Å². The molecule has 0 aliphatic carbocycles. The number of hydrogen-bond donors (Lipinski definition) is 2. The number of aryl methyl sites for hydroxylation is 1. The van der Waals surface area contributed by atoms with Crippen LogP contribution in [-0.2, 0) is 11.9 Å². The number of nitrogens with one attached hydrogen (secondary N) is 2. The molecule has 0 aliphatic heterocycles. The van der Waals surface area contributed by atoms with Crippen molar-refractivity contribution in [3.05, 3.63) is 95.3 Å². The summed E-state index contributed by atoms with van der Waals surface area (Å²) in [5.41, 5.74) is 1.63. The highest BCUT2D eigenvalue weighted by Gasteiger charge is 2.33. The number of hydrogen-bond acceptors (Lipinski definition) is 5. The average Bonchev–Trinajstić information content (AvgIpc) is 3.32. The van der Waals surface area contributed by atoms with E-state index in [1.165, 1.54) is 30.0 Å². The van der Waals surface area contributed by atoms with E-state index >= 15 is 0 Å². The molecule has 7 nitrogen and oxygen atoms in total. The van der Waals surface area contributed by atoms with Gasteiger partial charge in [-0.3, -0.25) is 4.57 Å². The highest BCUT2D eigenvalue weighted by molar-refractivity contribution is 7.98. The van der Waals surface area contributed by atoms with Crippen molar-refractivity contribution in [1.82, 2.24) is 20.1 Å². The molecule has 1 unspecified atom stereocenters. The highest BCUT2D eigenvalue weighted by atomic mass is 32.2. The number of carbonyl (C=O) groups excluding carboxylic acids is 1. The van der Waals surface area contributed by atoms with Crippen molar-refractivity contribution >= 4 is 23.5 Å². The lowest BCUT2D eigenvalue weighted by molar-refractivity contribution is -0.136.